The fraction of sp³-hybridized carbons (Fsp3) is 0.578. The molecule has 24 heteroatoms. The number of nitrogens with zero attached hydrogens (tertiary/aromatic N) is 2. The molecule has 0 bridgehead atoms. The molecular weight excluding hydrogens is 1680 g/mol. The number of rotatable bonds is 61. The van der Waals surface area contributed by atoms with E-state index < -0.39 is 69.8 Å². The topological polar surface area (TPSA) is 250 Å². The van der Waals surface area contributed by atoms with Crippen LogP contribution in [0.5, 0.6) is 0 Å². The average Bonchev–Trinajstić information content (AvgIpc) is 0.915. The largest absolute Gasteiger partial charge is 0.494 e. The maximum atomic E-state index is 14.4. The Hall–Kier alpha value is -7.68. The van der Waals surface area contributed by atoms with Crippen LogP contribution >= 0.6 is 59.7 Å². The number of esters is 7. The number of thiocarbonyl (C=S) groups is 2. The van der Waals surface area contributed by atoms with Gasteiger partial charge in [-0.05, 0) is 169 Å². The molecule has 1 fully saturated rings. The van der Waals surface area contributed by atoms with Crippen LogP contribution < -0.4 is 5.46 Å². The first-order chi connectivity index (χ1) is 60.6. The third kappa shape index (κ3) is 42.3. The maximum Gasteiger partial charge on any atom is 0.494 e. The van der Waals surface area contributed by atoms with Gasteiger partial charge in [-0.15, -0.1) is 11.8 Å². The highest BCUT2D eigenvalue weighted by atomic mass is 32.2. The van der Waals surface area contributed by atoms with Gasteiger partial charge in [0.2, 0.25) is 0 Å². The quantitative estimate of drug-likeness (QED) is 0.00876. The Morgan fingerprint density at radius 2 is 1.02 bits per heavy atom. The second kappa shape index (κ2) is 61.0. The summed E-state index contributed by atoms with van der Waals surface area (Å²) >= 11 is 15.9. The number of hydrogen-bond acceptors (Lipinski definition) is 23. The zero-order chi connectivity index (χ0) is 92.0. The van der Waals surface area contributed by atoms with E-state index in [1.807, 2.05) is 151 Å². The molecule has 1 aliphatic heterocycles. The standard InChI is InChI=1S/C55H79NO10S3.C47H62BNO6S2/c1-8-12-17-22-42(10-3)23-18-14-15-21-32-64-50(59)44-28-26-43(27-29-44)46(38-54(5,6)41-56)39-55(7,53(61)66-31-13-9-2)40-47(69-52(67)45-24-19-16-20-25-45)51(60)65-35-37-68-36-30-49(58)63-34-33-62-48(57)11-4;1-6-8-10-11-12-13-14-18-21-41-33-54-48(55-41)40-28-26-38(27-29-40)43(50)53-32-36-22-24-37(25-23-36)42(57-44(56)39-19-16-15-17-20-39)31-47(5,34-46(3,4)35-49)45(51)52-30-9-7-2/h11,16,19-20,24-29,42,46-47H,4,8-10,12-15,17-18,21-23,30-40H2,1-3,5-7H3;15-17,19-20,22-29,41-42H,6-14,18,21,30-34H2,1-5H3. The van der Waals surface area contributed by atoms with Crippen molar-refractivity contribution in [2.45, 2.75) is 291 Å². The zero-order valence-electron chi connectivity index (χ0n) is 77.0. The normalized spacial score (nSPS) is 14.5. The minimum atomic E-state index is -1.24. The van der Waals surface area contributed by atoms with E-state index in [2.05, 4.69) is 46.4 Å². The third-order valence-corrected chi connectivity index (χ3v) is 26.8. The van der Waals surface area contributed by atoms with Crippen molar-refractivity contribution in [1.82, 2.24) is 0 Å². The van der Waals surface area contributed by atoms with E-state index in [9.17, 15) is 44.1 Å². The summed E-state index contributed by atoms with van der Waals surface area (Å²) in [6, 6.07) is 46.3. The lowest BCUT2D eigenvalue weighted by Crippen LogP contribution is -2.38. The third-order valence-electron chi connectivity index (χ3n) is 22.5. The van der Waals surface area contributed by atoms with E-state index in [0.717, 1.165) is 101 Å². The molecular formula is C102H141BN2O16S5. The van der Waals surface area contributed by atoms with Gasteiger partial charge in [0.25, 0.3) is 0 Å². The fourth-order valence-corrected chi connectivity index (χ4v) is 19.2. The molecule has 1 heterocycles. The lowest BCUT2D eigenvalue weighted by atomic mass is 9.70. The predicted molar refractivity (Wildman–Crippen MR) is 519 cm³/mol. The first-order valence-corrected chi connectivity index (χ1v) is 49.6. The Balaban J connectivity index is 0.000000454. The lowest BCUT2D eigenvalue weighted by molar-refractivity contribution is -0.158. The Labute approximate surface area is 777 Å². The number of thioether (sulfide) groups is 3. The maximum absolute atomic E-state index is 14.4. The van der Waals surface area contributed by atoms with Crippen LogP contribution in [0.25, 0.3) is 0 Å². The van der Waals surface area contributed by atoms with Gasteiger partial charge in [-0.2, -0.15) is 22.3 Å². The Morgan fingerprint density at radius 3 is 1.61 bits per heavy atom. The number of hydrogen-bond donors (Lipinski definition) is 0. The first-order valence-electron chi connectivity index (χ1n) is 45.9. The molecule has 1 aliphatic rings. The molecule has 0 N–H and O–H groups in total. The molecule has 126 heavy (non-hydrogen) atoms. The number of nitriles is 2. The van der Waals surface area contributed by atoms with Gasteiger partial charge >= 0.3 is 48.9 Å². The second-order valence-electron chi connectivity index (χ2n) is 34.8. The zero-order valence-corrected chi connectivity index (χ0v) is 81.1. The molecule has 5 aromatic carbocycles. The molecule has 7 atom stereocenters. The van der Waals surface area contributed by atoms with Crippen molar-refractivity contribution >= 4 is 122 Å². The second-order valence-corrected chi connectivity index (χ2v) is 39.8. The van der Waals surface area contributed by atoms with Gasteiger partial charge in [-0.25, -0.2) is 14.4 Å². The molecule has 688 valence electrons. The summed E-state index contributed by atoms with van der Waals surface area (Å²) in [5.41, 5.74) is 2.41. The van der Waals surface area contributed by atoms with E-state index in [4.69, 9.17) is 66.9 Å². The van der Waals surface area contributed by atoms with Gasteiger partial charge in [0.15, 0.2) is 0 Å². The van der Waals surface area contributed by atoms with Crippen molar-refractivity contribution in [1.29, 1.82) is 10.5 Å². The monoisotopic (exact) mass is 1820 g/mol. The van der Waals surface area contributed by atoms with Crippen molar-refractivity contribution in [3.63, 3.8) is 0 Å². The van der Waals surface area contributed by atoms with E-state index in [1.54, 1.807) is 31.2 Å². The van der Waals surface area contributed by atoms with Crippen LogP contribution in [0.3, 0.4) is 0 Å². The van der Waals surface area contributed by atoms with Crippen LogP contribution in [0.2, 0.25) is 0 Å². The summed E-state index contributed by atoms with van der Waals surface area (Å²) in [5, 5.41) is 19.0. The van der Waals surface area contributed by atoms with E-state index in [-0.39, 0.29) is 75.5 Å². The highest BCUT2D eigenvalue weighted by molar-refractivity contribution is 8.24. The Kier molecular flexibility index (Phi) is 52.7. The first kappa shape index (κ1) is 109. The number of carbonyl (C=O) groups excluding carboxylic acids is 7. The minimum Gasteiger partial charge on any atom is -0.465 e. The van der Waals surface area contributed by atoms with Gasteiger partial charge in [-0.1, -0.05) is 309 Å². The van der Waals surface area contributed by atoms with Crippen LogP contribution in [-0.2, 0) is 73.0 Å². The van der Waals surface area contributed by atoms with Crippen LogP contribution in [0.4, 0.5) is 0 Å². The van der Waals surface area contributed by atoms with Crippen molar-refractivity contribution in [2.24, 2.45) is 27.6 Å². The SMILES string of the molecule is C=CC(=O)OCCOC(=O)CCSCCOC(=O)C(CC(C)(CC(CC(C)(C)C#N)c1ccc(C(=O)OCCCCCCC(CC)CCCCC)cc1)C(=O)OCCCC)SC(=S)c1ccccc1.CCCCCCCCCCC1COB(c2ccc(C(=O)OCc3ccc(C(CC(C)(CC(C)(C)C#N)C(=O)OCCCC)SC(=S)c4ccccc4)cc3)cc2)O1. The van der Waals surface area contributed by atoms with Gasteiger partial charge in [0.05, 0.1) is 92.3 Å². The average molecular weight is 1820 g/mol. The van der Waals surface area contributed by atoms with Crippen LogP contribution in [0.1, 0.15) is 322 Å². The summed E-state index contributed by atoms with van der Waals surface area (Å²) < 4.78 is 52.2. The van der Waals surface area contributed by atoms with Crippen LogP contribution in [-0.4, -0.2) is 126 Å². The summed E-state index contributed by atoms with van der Waals surface area (Å²) in [6.07, 6.45) is 29.0. The molecule has 1 saturated heterocycles. The highest BCUT2D eigenvalue weighted by Gasteiger charge is 2.45. The summed E-state index contributed by atoms with van der Waals surface area (Å²) in [4.78, 5) is 91.7. The van der Waals surface area contributed by atoms with Gasteiger partial charge < -0.3 is 42.5 Å². The molecule has 7 unspecified atom stereocenters. The molecule has 0 radical (unpaired) electrons. The fourth-order valence-electron chi connectivity index (χ4n) is 15.1. The van der Waals surface area contributed by atoms with Crippen molar-refractivity contribution in [3.8, 4) is 12.1 Å². The lowest BCUT2D eigenvalue weighted by Gasteiger charge is -2.35. The Morgan fingerprint density at radius 1 is 0.508 bits per heavy atom. The molecule has 5 aromatic rings. The summed E-state index contributed by atoms with van der Waals surface area (Å²) in [5.74, 6) is -1.87. The molecule has 0 aliphatic carbocycles. The molecule has 0 amide bonds. The van der Waals surface area contributed by atoms with Crippen molar-refractivity contribution in [2.75, 3.05) is 57.8 Å². The molecule has 0 aromatic heterocycles. The van der Waals surface area contributed by atoms with Gasteiger partial charge in [0.1, 0.15) is 31.7 Å². The molecule has 18 nitrogen and oxygen atoms in total. The number of carbonyl (C=O) groups is 7. The van der Waals surface area contributed by atoms with Gasteiger partial charge in [0, 0.05) is 22.8 Å². The van der Waals surface area contributed by atoms with Crippen molar-refractivity contribution in [3.05, 3.63) is 185 Å². The van der Waals surface area contributed by atoms with Gasteiger partial charge in [-0.3, -0.25) is 19.2 Å². The van der Waals surface area contributed by atoms with E-state index >= 15 is 0 Å². The van der Waals surface area contributed by atoms with E-state index in [1.165, 1.54) is 125 Å². The van der Waals surface area contributed by atoms with E-state index in [0.29, 0.717) is 72.3 Å². The summed E-state index contributed by atoms with van der Waals surface area (Å²) in [6.45, 7) is 26.9. The predicted octanol–water partition coefficient (Wildman–Crippen LogP) is 24.5. The smallest absolute Gasteiger partial charge is 0.465 e. The van der Waals surface area contributed by atoms with Crippen LogP contribution in [0, 0.1) is 50.2 Å². The number of unbranched alkanes of at least 4 members (excludes halogenated alkanes) is 14. The number of ether oxygens (including phenoxy) is 7. The van der Waals surface area contributed by atoms with Crippen molar-refractivity contribution < 1.29 is 76.0 Å². The van der Waals surface area contributed by atoms with Crippen LogP contribution in [0.15, 0.2) is 146 Å². The highest BCUT2D eigenvalue weighted by Crippen LogP contribution is 2.48. The molecule has 0 spiro atoms. The molecule has 0 saturated carbocycles. The minimum absolute atomic E-state index is 0.0293. The Bertz CT molecular complexity index is 4160. The molecule has 6 rings (SSSR count). The summed E-state index contributed by atoms with van der Waals surface area (Å²) in [7, 11) is -0.418. The number of benzene rings is 5.